The van der Waals surface area contributed by atoms with Crippen LogP contribution in [0.1, 0.15) is 11.1 Å². The van der Waals surface area contributed by atoms with Gasteiger partial charge in [-0.3, -0.25) is 14.9 Å². The van der Waals surface area contributed by atoms with Crippen LogP contribution < -0.4 is 5.32 Å². The van der Waals surface area contributed by atoms with Crippen LogP contribution in [-0.4, -0.2) is 38.2 Å². The molecule has 0 saturated carbocycles. The predicted molar refractivity (Wildman–Crippen MR) is 108 cm³/mol. The van der Waals surface area contributed by atoms with Crippen molar-refractivity contribution in [3.63, 3.8) is 0 Å². The molecule has 0 aliphatic heterocycles. The summed E-state index contributed by atoms with van der Waals surface area (Å²) in [4.78, 5) is 37.8. The second kappa shape index (κ2) is 9.72. The molecule has 0 saturated heterocycles. The van der Waals surface area contributed by atoms with Gasteiger partial charge in [-0.25, -0.2) is 14.5 Å². The van der Waals surface area contributed by atoms with Gasteiger partial charge in [-0.15, -0.1) is 0 Å². The monoisotopic (exact) mass is 461 g/mol. The van der Waals surface area contributed by atoms with Crippen LogP contribution in [0.15, 0.2) is 61.2 Å². The molecule has 0 aliphatic carbocycles. The molecule has 1 N–H and O–H groups in total. The lowest BCUT2D eigenvalue weighted by Crippen LogP contribution is -2.21. The van der Waals surface area contributed by atoms with Gasteiger partial charge in [0.2, 0.25) is 0 Å². The van der Waals surface area contributed by atoms with Gasteiger partial charge in [-0.2, -0.15) is 18.3 Å². The number of alkyl halides is 3. The molecular formula is C20H14F3N5O5. The number of nitrogens with one attached hydrogen (secondary N) is 1. The number of amides is 1. The summed E-state index contributed by atoms with van der Waals surface area (Å²) < 4.78 is 45.1. The lowest BCUT2D eigenvalue weighted by molar-refractivity contribution is -0.384. The molecule has 0 bridgehead atoms. The highest BCUT2D eigenvalue weighted by Crippen LogP contribution is 2.33. The van der Waals surface area contributed by atoms with Crippen molar-refractivity contribution in [3.8, 4) is 5.69 Å². The highest BCUT2D eigenvalue weighted by molar-refractivity contribution is 5.96. The number of benzene rings is 2. The summed E-state index contributed by atoms with van der Waals surface area (Å²) in [5.41, 5.74) is -0.726. The molecule has 0 spiro atoms. The average molecular weight is 461 g/mol. The number of aromatic nitrogens is 3. The maximum absolute atomic E-state index is 13.1. The molecule has 3 aromatic rings. The highest BCUT2D eigenvalue weighted by atomic mass is 19.4. The quantitative estimate of drug-likeness (QED) is 0.247. The fraction of sp³-hybridized carbons (Fsp3) is 0.100. The molecule has 3 rings (SSSR count). The third kappa shape index (κ3) is 6.22. The van der Waals surface area contributed by atoms with E-state index in [2.05, 4.69) is 15.4 Å². The number of nitro benzene ring substituents is 1. The van der Waals surface area contributed by atoms with Crippen molar-refractivity contribution in [1.29, 1.82) is 0 Å². The van der Waals surface area contributed by atoms with Gasteiger partial charge in [0.05, 0.1) is 21.9 Å². The number of nitrogens with zero attached hydrogens (tertiary/aromatic N) is 4. The number of carbonyl (C=O) groups is 2. The van der Waals surface area contributed by atoms with E-state index in [4.69, 9.17) is 4.74 Å². The van der Waals surface area contributed by atoms with Crippen molar-refractivity contribution in [2.75, 3.05) is 11.9 Å². The Balaban J connectivity index is 1.64. The number of rotatable bonds is 7. The maximum Gasteiger partial charge on any atom is 0.416 e. The second-order valence-corrected chi connectivity index (χ2v) is 6.41. The number of non-ortho nitro benzene ring substituents is 1. The minimum Gasteiger partial charge on any atom is -0.452 e. The van der Waals surface area contributed by atoms with Gasteiger partial charge in [0, 0.05) is 18.2 Å². The first kappa shape index (κ1) is 23.1. The number of esters is 1. The van der Waals surface area contributed by atoms with Gasteiger partial charge in [0.15, 0.2) is 6.61 Å². The molecule has 0 fully saturated rings. The van der Waals surface area contributed by atoms with Crippen LogP contribution in [-0.2, 0) is 20.5 Å². The first-order chi connectivity index (χ1) is 15.6. The Morgan fingerprint density at radius 3 is 2.52 bits per heavy atom. The Morgan fingerprint density at radius 1 is 1.18 bits per heavy atom. The summed E-state index contributed by atoms with van der Waals surface area (Å²) in [6, 6.07) is 8.00. The maximum atomic E-state index is 13.1. The number of carbonyl (C=O) groups excluding carboxylic acids is 2. The molecule has 1 heterocycles. The first-order valence-electron chi connectivity index (χ1n) is 9.09. The molecule has 10 nitrogen and oxygen atoms in total. The van der Waals surface area contributed by atoms with Gasteiger partial charge in [-0.05, 0) is 42.0 Å². The Bertz CT molecular complexity index is 1190. The highest BCUT2D eigenvalue weighted by Gasteiger charge is 2.31. The Kier molecular flexibility index (Phi) is 6.81. The van der Waals surface area contributed by atoms with E-state index < -0.39 is 35.1 Å². The third-order valence-corrected chi connectivity index (χ3v) is 4.12. The SMILES string of the molecule is O=C(COC(=O)/C=C/c1ccc([N+](=O)[O-])cc1)Nc1cc(C(F)(F)F)ccc1-n1cncn1. The number of hydrogen-bond acceptors (Lipinski definition) is 7. The lowest BCUT2D eigenvalue weighted by atomic mass is 10.1. The number of ether oxygens (including phenoxy) is 1. The van der Waals surface area contributed by atoms with Crippen LogP contribution in [0, 0.1) is 10.1 Å². The van der Waals surface area contributed by atoms with E-state index in [1.807, 2.05) is 0 Å². The molecule has 2 aromatic carbocycles. The Morgan fingerprint density at radius 2 is 1.91 bits per heavy atom. The van der Waals surface area contributed by atoms with Crippen LogP contribution in [0.3, 0.4) is 0 Å². The number of halogens is 3. The van der Waals surface area contributed by atoms with Crippen molar-refractivity contribution in [2.45, 2.75) is 6.18 Å². The van der Waals surface area contributed by atoms with Gasteiger partial charge in [0.25, 0.3) is 11.6 Å². The van der Waals surface area contributed by atoms with E-state index in [1.165, 1.54) is 43.0 Å². The van der Waals surface area contributed by atoms with E-state index in [1.54, 1.807) is 0 Å². The molecule has 0 unspecified atom stereocenters. The summed E-state index contributed by atoms with van der Waals surface area (Å²) in [6.07, 6.45) is 0.0816. The zero-order chi connectivity index (χ0) is 24.0. The van der Waals surface area contributed by atoms with E-state index in [9.17, 15) is 32.9 Å². The van der Waals surface area contributed by atoms with E-state index in [0.29, 0.717) is 5.56 Å². The fourth-order valence-corrected chi connectivity index (χ4v) is 2.59. The topological polar surface area (TPSA) is 129 Å². The smallest absolute Gasteiger partial charge is 0.416 e. The summed E-state index contributed by atoms with van der Waals surface area (Å²) in [5, 5.41) is 16.7. The fourth-order valence-electron chi connectivity index (χ4n) is 2.59. The van der Waals surface area contributed by atoms with Crippen LogP contribution in [0.25, 0.3) is 11.8 Å². The third-order valence-electron chi connectivity index (χ3n) is 4.12. The molecule has 170 valence electrons. The van der Waals surface area contributed by atoms with E-state index in [-0.39, 0.29) is 17.1 Å². The van der Waals surface area contributed by atoms with Gasteiger partial charge in [-0.1, -0.05) is 0 Å². The van der Waals surface area contributed by atoms with Crippen molar-refractivity contribution in [2.24, 2.45) is 0 Å². The zero-order valence-corrected chi connectivity index (χ0v) is 16.5. The minimum atomic E-state index is -4.64. The Labute approximate surface area is 183 Å². The molecule has 0 atom stereocenters. The van der Waals surface area contributed by atoms with Crippen molar-refractivity contribution in [3.05, 3.63) is 82.4 Å². The van der Waals surface area contributed by atoms with Gasteiger partial charge in [0.1, 0.15) is 12.7 Å². The van der Waals surface area contributed by atoms with Crippen LogP contribution in [0.2, 0.25) is 0 Å². The number of hydrogen-bond donors (Lipinski definition) is 1. The van der Waals surface area contributed by atoms with E-state index in [0.717, 1.165) is 29.0 Å². The lowest BCUT2D eigenvalue weighted by Gasteiger charge is -2.14. The van der Waals surface area contributed by atoms with Crippen LogP contribution in [0.5, 0.6) is 0 Å². The Hall–Kier alpha value is -4.55. The molecule has 33 heavy (non-hydrogen) atoms. The predicted octanol–water partition coefficient (Wildman–Crippen LogP) is 3.39. The largest absolute Gasteiger partial charge is 0.452 e. The average Bonchev–Trinajstić information content (AvgIpc) is 3.30. The summed E-state index contributed by atoms with van der Waals surface area (Å²) >= 11 is 0. The minimum absolute atomic E-state index is 0.119. The molecular weight excluding hydrogens is 447 g/mol. The van der Waals surface area contributed by atoms with Crippen molar-refractivity contribution >= 4 is 29.3 Å². The molecule has 0 radical (unpaired) electrons. The van der Waals surface area contributed by atoms with Crippen molar-refractivity contribution < 1.29 is 32.4 Å². The normalized spacial score (nSPS) is 11.4. The number of anilines is 1. The summed E-state index contributed by atoms with van der Waals surface area (Å²) in [5.74, 6) is -1.78. The van der Waals surface area contributed by atoms with Gasteiger partial charge < -0.3 is 10.1 Å². The number of nitro groups is 1. The van der Waals surface area contributed by atoms with Crippen LogP contribution in [0.4, 0.5) is 24.5 Å². The second-order valence-electron chi connectivity index (χ2n) is 6.41. The molecule has 1 aromatic heterocycles. The van der Waals surface area contributed by atoms with Crippen LogP contribution >= 0.6 is 0 Å². The molecule has 13 heteroatoms. The van der Waals surface area contributed by atoms with E-state index >= 15 is 0 Å². The van der Waals surface area contributed by atoms with Gasteiger partial charge >= 0.3 is 12.1 Å². The molecule has 0 aliphatic rings. The molecule has 1 amide bonds. The summed E-state index contributed by atoms with van der Waals surface area (Å²) in [7, 11) is 0. The first-order valence-corrected chi connectivity index (χ1v) is 9.09. The summed E-state index contributed by atoms with van der Waals surface area (Å²) in [6.45, 7) is -0.767. The zero-order valence-electron chi connectivity index (χ0n) is 16.5. The standard InChI is InChI=1S/C20H14F3N5O5/c21-20(22,23)14-4-7-17(27-12-24-11-25-27)16(9-14)26-18(29)10-33-19(30)8-3-13-1-5-15(6-2-13)28(31)32/h1-9,11-12H,10H2,(H,26,29)/b8-3+. The van der Waals surface area contributed by atoms with Crippen molar-refractivity contribution in [1.82, 2.24) is 14.8 Å².